The van der Waals surface area contributed by atoms with Crippen LogP contribution in [0.15, 0.2) is 24.3 Å². The van der Waals surface area contributed by atoms with Crippen LogP contribution in [0.2, 0.25) is 0 Å². The van der Waals surface area contributed by atoms with Crippen LogP contribution in [0.5, 0.6) is 0 Å². The average Bonchev–Trinajstić information content (AvgIpc) is 3.27. The lowest BCUT2D eigenvalue weighted by atomic mass is 10.1. The zero-order chi connectivity index (χ0) is 17.6. The minimum atomic E-state index is -0.408. The molecule has 25 heavy (non-hydrogen) atoms. The van der Waals surface area contributed by atoms with Crippen molar-refractivity contribution in [3.05, 3.63) is 35.4 Å². The number of fused-ring (bicyclic) bond motifs is 2. The zero-order valence-electron chi connectivity index (χ0n) is 14.4. The first-order valence-corrected chi connectivity index (χ1v) is 9.09. The molecule has 0 bridgehead atoms. The Bertz CT molecular complexity index is 685. The zero-order valence-corrected chi connectivity index (χ0v) is 14.4. The van der Waals surface area contributed by atoms with Crippen molar-refractivity contribution in [2.24, 2.45) is 0 Å². The number of aryl methyl sites for hydroxylation is 1. The van der Waals surface area contributed by atoms with Crippen LogP contribution in [0.1, 0.15) is 42.1 Å². The molecule has 132 valence electrons. The third-order valence-electron chi connectivity index (χ3n) is 5.65. The molecule has 3 aliphatic rings. The molecule has 3 atom stereocenters. The highest BCUT2D eigenvalue weighted by Crippen LogP contribution is 2.32. The molecule has 0 aromatic heterocycles. The molecule has 1 N–H and O–H groups in total. The van der Waals surface area contributed by atoms with Crippen molar-refractivity contribution < 1.29 is 14.4 Å². The second kappa shape index (κ2) is 6.17. The van der Waals surface area contributed by atoms with Crippen LogP contribution in [-0.4, -0.2) is 58.7 Å². The van der Waals surface area contributed by atoms with Crippen molar-refractivity contribution in [1.82, 2.24) is 15.1 Å². The number of benzene rings is 1. The standard InChI is InChI=1S/C19H23N3O3/c1-2-12-5-7-13(8-6-12)17(23)20-14-10-16-19(25)21-9-3-4-15(21)18(24)22(16)11-14/h5-8,14-16H,2-4,9-11H2,1H3,(H,20,23)/t14-,15+,16-/m0/s1. The van der Waals surface area contributed by atoms with E-state index >= 15 is 0 Å². The van der Waals surface area contributed by atoms with Crippen molar-refractivity contribution in [3.8, 4) is 0 Å². The van der Waals surface area contributed by atoms with Crippen molar-refractivity contribution in [2.45, 2.75) is 50.7 Å². The summed E-state index contributed by atoms with van der Waals surface area (Å²) in [5.41, 5.74) is 1.80. The van der Waals surface area contributed by atoms with Gasteiger partial charge in [0.05, 0.1) is 0 Å². The molecule has 1 aromatic carbocycles. The summed E-state index contributed by atoms with van der Waals surface area (Å²) in [6.07, 6.45) is 3.10. The van der Waals surface area contributed by atoms with E-state index in [0.717, 1.165) is 19.3 Å². The summed E-state index contributed by atoms with van der Waals surface area (Å²) in [5, 5.41) is 2.99. The van der Waals surface area contributed by atoms with Gasteiger partial charge < -0.3 is 15.1 Å². The molecule has 3 fully saturated rings. The number of carbonyl (C=O) groups is 3. The normalized spacial score (nSPS) is 28.1. The lowest BCUT2D eigenvalue weighted by molar-refractivity contribution is -0.156. The summed E-state index contributed by atoms with van der Waals surface area (Å²) in [6.45, 7) is 3.18. The third-order valence-corrected chi connectivity index (χ3v) is 5.65. The molecule has 3 aliphatic heterocycles. The first-order valence-electron chi connectivity index (χ1n) is 9.09. The summed E-state index contributed by atoms with van der Waals surface area (Å²) in [4.78, 5) is 41.1. The van der Waals surface area contributed by atoms with E-state index in [9.17, 15) is 14.4 Å². The lowest BCUT2D eigenvalue weighted by Crippen LogP contribution is -2.60. The summed E-state index contributed by atoms with van der Waals surface area (Å²) in [7, 11) is 0. The molecule has 4 rings (SSSR count). The average molecular weight is 341 g/mol. The molecule has 3 amide bonds. The number of hydrogen-bond donors (Lipinski definition) is 1. The first kappa shape index (κ1) is 16.1. The minimum Gasteiger partial charge on any atom is -0.347 e. The van der Waals surface area contributed by atoms with E-state index in [1.807, 2.05) is 24.3 Å². The molecule has 0 saturated carbocycles. The van der Waals surface area contributed by atoms with Crippen LogP contribution >= 0.6 is 0 Å². The van der Waals surface area contributed by atoms with Crippen LogP contribution in [0, 0.1) is 0 Å². The van der Waals surface area contributed by atoms with Crippen LogP contribution in [0.4, 0.5) is 0 Å². The highest BCUT2D eigenvalue weighted by Gasteiger charge is 2.51. The second-order valence-electron chi connectivity index (χ2n) is 7.15. The summed E-state index contributed by atoms with van der Waals surface area (Å²) >= 11 is 0. The Kier molecular flexibility index (Phi) is 3.98. The number of nitrogens with one attached hydrogen (secondary N) is 1. The first-order chi connectivity index (χ1) is 12.1. The number of hydrogen-bond acceptors (Lipinski definition) is 3. The third kappa shape index (κ3) is 2.69. The van der Waals surface area contributed by atoms with Gasteiger partial charge in [0, 0.05) is 24.7 Å². The van der Waals surface area contributed by atoms with Gasteiger partial charge in [-0.05, 0) is 43.4 Å². The van der Waals surface area contributed by atoms with Gasteiger partial charge >= 0.3 is 0 Å². The molecule has 0 radical (unpaired) electrons. The number of carbonyl (C=O) groups excluding carboxylic acids is 3. The van der Waals surface area contributed by atoms with Gasteiger partial charge in [-0.15, -0.1) is 0 Å². The summed E-state index contributed by atoms with van der Waals surface area (Å²) in [6, 6.07) is 6.69. The quantitative estimate of drug-likeness (QED) is 0.890. The Morgan fingerprint density at radius 3 is 2.56 bits per heavy atom. The number of piperazine rings is 1. The monoisotopic (exact) mass is 341 g/mol. The lowest BCUT2D eigenvalue weighted by Gasteiger charge is -2.38. The van der Waals surface area contributed by atoms with Crippen LogP contribution in [-0.2, 0) is 16.0 Å². The Labute approximate surface area is 147 Å². The maximum absolute atomic E-state index is 12.6. The molecule has 3 saturated heterocycles. The van der Waals surface area contributed by atoms with E-state index < -0.39 is 6.04 Å². The molecule has 0 unspecified atom stereocenters. The highest BCUT2D eigenvalue weighted by atomic mass is 16.2. The van der Waals surface area contributed by atoms with Gasteiger partial charge in [-0.3, -0.25) is 14.4 Å². The van der Waals surface area contributed by atoms with Gasteiger partial charge in [-0.1, -0.05) is 19.1 Å². The highest BCUT2D eigenvalue weighted by molar-refractivity contribution is 5.98. The van der Waals surface area contributed by atoms with Gasteiger partial charge in [0.25, 0.3) is 5.91 Å². The molecule has 1 aromatic rings. The Morgan fingerprint density at radius 1 is 1.12 bits per heavy atom. The number of amides is 3. The summed E-state index contributed by atoms with van der Waals surface area (Å²) < 4.78 is 0. The molecule has 3 heterocycles. The van der Waals surface area contributed by atoms with Crippen molar-refractivity contribution in [3.63, 3.8) is 0 Å². The fourth-order valence-electron chi connectivity index (χ4n) is 4.25. The van der Waals surface area contributed by atoms with E-state index in [4.69, 9.17) is 0 Å². The van der Waals surface area contributed by atoms with Gasteiger partial charge in [-0.2, -0.15) is 0 Å². The Hall–Kier alpha value is -2.37. The van der Waals surface area contributed by atoms with Crippen molar-refractivity contribution in [2.75, 3.05) is 13.1 Å². The van der Waals surface area contributed by atoms with Gasteiger partial charge in [0.1, 0.15) is 12.1 Å². The Morgan fingerprint density at radius 2 is 1.84 bits per heavy atom. The minimum absolute atomic E-state index is 0.0474. The van der Waals surface area contributed by atoms with E-state index in [-0.39, 0.29) is 29.8 Å². The number of nitrogens with zero attached hydrogens (tertiary/aromatic N) is 2. The molecule has 0 spiro atoms. The van der Waals surface area contributed by atoms with Crippen LogP contribution in [0.3, 0.4) is 0 Å². The maximum atomic E-state index is 12.6. The molecule has 6 heteroatoms. The predicted octanol–water partition coefficient (Wildman–Crippen LogP) is 0.953. The van der Waals surface area contributed by atoms with Gasteiger partial charge in [0.2, 0.25) is 11.8 Å². The molecular formula is C19H23N3O3. The second-order valence-corrected chi connectivity index (χ2v) is 7.15. The largest absolute Gasteiger partial charge is 0.347 e. The van der Waals surface area contributed by atoms with E-state index in [0.29, 0.717) is 25.1 Å². The van der Waals surface area contributed by atoms with Gasteiger partial charge in [0.15, 0.2) is 0 Å². The van der Waals surface area contributed by atoms with Crippen LogP contribution < -0.4 is 5.32 Å². The molecule has 6 nitrogen and oxygen atoms in total. The van der Waals surface area contributed by atoms with Gasteiger partial charge in [-0.25, -0.2) is 0 Å². The number of rotatable bonds is 3. The fourth-order valence-corrected chi connectivity index (χ4v) is 4.25. The smallest absolute Gasteiger partial charge is 0.251 e. The predicted molar refractivity (Wildman–Crippen MR) is 91.9 cm³/mol. The molecular weight excluding hydrogens is 318 g/mol. The maximum Gasteiger partial charge on any atom is 0.251 e. The topological polar surface area (TPSA) is 69.7 Å². The summed E-state index contributed by atoms with van der Waals surface area (Å²) in [5.74, 6) is -0.0507. The van der Waals surface area contributed by atoms with Crippen LogP contribution in [0.25, 0.3) is 0 Å². The SMILES string of the molecule is CCc1ccc(C(=O)N[C@H]2C[C@H]3C(=O)N4CCC[C@@H]4C(=O)N3C2)cc1. The molecule has 0 aliphatic carbocycles. The van der Waals surface area contributed by atoms with E-state index in [1.54, 1.807) is 9.80 Å². The Balaban J connectivity index is 1.44. The van der Waals surface area contributed by atoms with Crippen molar-refractivity contribution >= 4 is 17.7 Å². The van der Waals surface area contributed by atoms with Crippen molar-refractivity contribution in [1.29, 1.82) is 0 Å². The van der Waals surface area contributed by atoms with E-state index in [1.165, 1.54) is 5.56 Å². The van der Waals surface area contributed by atoms with E-state index in [2.05, 4.69) is 12.2 Å². The fraction of sp³-hybridized carbons (Fsp3) is 0.526.